The van der Waals surface area contributed by atoms with Crippen molar-refractivity contribution < 1.29 is 0 Å². The standard InChI is InChI=1S/C59H41N3/c1-59(2)50-27-16-26-48(57(50)49-35-41-19-6-7-20-42(41)36-51(49)59)44-22-8-9-23-45(44)53-37-52(60-58(61-53)40-17-4-3-5-18-40)39-33-31-38(32-34-39)43-21-10-13-28-54(43)62-55-29-14-11-24-46(55)47-25-12-15-30-56(47)62/h3-37H,1-2H3. The van der Waals surface area contributed by atoms with Crippen molar-refractivity contribution in [1.82, 2.24) is 14.5 Å². The molecule has 3 nitrogen and oxygen atoms in total. The van der Waals surface area contributed by atoms with Crippen LogP contribution in [0.3, 0.4) is 0 Å². The van der Waals surface area contributed by atoms with E-state index in [2.05, 4.69) is 225 Å². The summed E-state index contributed by atoms with van der Waals surface area (Å²) in [6.45, 7) is 4.72. The summed E-state index contributed by atoms with van der Waals surface area (Å²) in [4.78, 5) is 10.6. The second kappa shape index (κ2) is 14.1. The summed E-state index contributed by atoms with van der Waals surface area (Å²) >= 11 is 0. The van der Waals surface area contributed by atoms with E-state index in [4.69, 9.17) is 9.97 Å². The molecule has 2 heterocycles. The van der Waals surface area contributed by atoms with Crippen LogP contribution in [0.4, 0.5) is 0 Å². The molecule has 0 radical (unpaired) electrons. The monoisotopic (exact) mass is 791 g/mol. The van der Waals surface area contributed by atoms with E-state index in [1.165, 1.54) is 66.0 Å². The van der Waals surface area contributed by atoms with Gasteiger partial charge in [-0.3, -0.25) is 0 Å². The lowest BCUT2D eigenvalue weighted by Gasteiger charge is -2.22. The predicted octanol–water partition coefficient (Wildman–Crippen LogP) is 15.4. The first-order valence-electron chi connectivity index (χ1n) is 21.4. The van der Waals surface area contributed by atoms with E-state index in [-0.39, 0.29) is 5.41 Å². The van der Waals surface area contributed by atoms with E-state index in [1.807, 2.05) is 6.07 Å². The molecule has 0 amide bonds. The van der Waals surface area contributed by atoms with Crippen molar-refractivity contribution in [1.29, 1.82) is 0 Å². The molecule has 0 spiro atoms. The van der Waals surface area contributed by atoms with Crippen LogP contribution in [0.25, 0.3) is 106 Å². The van der Waals surface area contributed by atoms with Crippen LogP contribution in [0.2, 0.25) is 0 Å². The first-order chi connectivity index (χ1) is 30.5. The van der Waals surface area contributed by atoms with Gasteiger partial charge in [-0.1, -0.05) is 190 Å². The zero-order valence-corrected chi connectivity index (χ0v) is 34.5. The molecule has 11 aromatic rings. The van der Waals surface area contributed by atoms with Crippen molar-refractivity contribution in [2.45, 2.75) is 19.3 Å². The molecule has 12 rings (SSSR count). The maximum absolute atomic E-state index is 5.33. The number of hydrogen-bond acceptors (Lipinski definition) is 2. The number of hydrogen-bond donors (Lipinski definition) is 0. The normalized spacial score (nSPS) is 12.8. The second-order valence-corrected chi connectivity index (χ2v) is 16.9. The van der Waals surface area contributed by atoms with Gasteiger partial charge >= 0.3 is 0 Å². The summed E-state index contributed by atoms with van der Waals surface area (Å²) in [6, 6.07) is 76.5. The van der Waals surface area contributed by atoms with E-state index < -0.39 is 0 Å². The minimum atomic E-state index is -0.141. The van der Waals surface area contributed by atoms with Crippen molar-refractivity contribution >= 4 is 32.6 Å². The Morgan fingerprint density at radius 1 is 0.371 bits per heavy atom. The number of aromatic nitrogens is 3. The molecule has 1 aliphatic rings. The minimum Gasteiger partial charge on any atom is -0.309 e. The van der Waals surface area contributed by atoms with Gasteiger partial charge in [-0.05, 0) is 86.1 Å². The highest BCUT2D eigenvalue weighted by atomic mass is 15.0. The maximum atomic E-state index is 5.33. The van der Waals surface area contributed by atoms with Gasteiger partial charge in [0.25, 0.3) is 0 Å². The van der Waals surface area contributed by atoms with E-state index in [0.29, 0.717) is 5.82 Å². The lowest BCUT2D eigenvalue weighted by molar-refractivity contribution is 0.661. The zero-order chi connectivity index (χ0) is 41.4. The SMILES string of the molecule is CC1(C)c2cc3ccccc3cc2-c2c(-c3ccccc3-c3cc(-c4ccc(-c5ccccc5-n5c6ccccc6c6ccccc65)cc4)nc(-c4ccccc4)n3)cccc21. The van der Waals surface area contributed by atoms with Crippen LogP contribution in [-0.2, 0) is 5.41 Å². The average molecular weight is 792 g/mol. The van der Waals surface area contributed by atoms with Gasteiger partial charge in [-0.2, -0.15) is 0 Å². The molecule has 0 bridgehead atoms. The van der Waals surface area contributed by atoms with Crippen molar-refractivity contribution in [3.63, 3.8) is 0 Å². The van der Waals surface area contributed by atoms with Crippen molar-refractivity contribution in [3.05, 3.63) is 223 Å². The second-order valence-electron chi connectivity index (χ2n) is 16.9. The van der Waals surface area contributed by atoms with Crippen LogP contribution in [0.15, 0.2) is 212 Å². The minimum absolute atomic E-state index is 0.141. The van der Waals surface area contributed by atoms with Gasteiger partial charge in [0, 0.05) is 38.4 Å². The van der Waals surface area contributed by atoms with Gasteiger partial charge in [0.15, 0.2) is 5.82 Å². The number of benzene rings is 9. The molecule has 1 aliphatic carbocycles. The molecular weight excluding hydrogens is 751 g/mol. The first-order valence-corrected chi connectivity index (χ1v) is 21.4. The number of para-hydroxylation sites is 3. The molecule has 3 heteroatoms. The number of fused-ring (bicyclic) bond motifs is 7. The summed E-state index contributed by atoms with van der Waals surface area (Å²) in [6.07, 6.45) is 0. The summed E-state index contributed by atoms with van der Waals surface area (Å²) in [7, 11) is 0. The van der Waals surface area contributed by atoms with Gasteiger partial charge in [-0.25, -0.2) is 9.97 Å². The fourth-order valence-electron chi connectivity index (χ4n) is 10.0. The predicted molar refractivity (Wildman–Crippen MR) is 259 cm³/mol. The third-order valence-corrected chi connectivity index (χ3v) is 13.0. The quantitative estimate of drug-likeness (QED) is 0.168. The van der Waals surface area contributed by atoms with Gasteiger partial charge in [0.05, 0.1) is 28.1 Å². The molecular formula is C59H41N3. The number of nitrogens with zero attached hydrogens (tertiary/aromatic N) is 3. The Bertz CT molecular complexity index is 3490. The van der Waals surface area contributed by atoms with Crippen molar-refractivity contribution in [2.24, 2.45) is 0 Å². The van der Waals surface area contributed by atoms with Crippen LogP contribution >= 0.6 is 0 Å². The highest BCUT2D eigenvalue weighted by molar-refractivity contribution is 6.10. The molecule has 0 fully saturated rings. The lowest BCUT2D eigenvalue weighted by Crippen LogP contribution is -2.14. The Hall–Kier alpha value is -7.88. The summed E-state index contributed by atoms with van der Waals surface area (Å²) < 4.78 is 2.40. The van der Waals surface area contributed by atoms with Crippen molar-refractivity contribution in [3.8, 4) is 73.0 Å². The number of rotatable bonds is 6. The van der Waals surface area contributed by atoms with Crippen LogP contribution < -0.4 is 0 Å². The van der Waals surface area contributed by atoms with Crippen LogP contribution in [0.5, 0.6) is 0 Å². The topological polar surface area (TPSA) is 30.7 Å². The Morgan fingerprint density at radius 2 is 0.935 bits per heavy atom. The average Bonchev–Trinajstić information content (AvgIpc) is 3.79. The molecule has 0 atom stereocenters. The fraction of sp³-hybridized carbons (Fsp3) is 0.0508. The van der Waals surface area contributed by atoms with Gasteiger partial charge in [0.1, 0.15) is 0 Å². The Morgan fingerprint density at radius 3 is 1.68 bits per heavy atom. The third kappa shape index (κ3) is 5.66. The molecule has 0 aliphatic heterocycles. The van der Waals surface area contributed by atoms with Crippen LogP contribution in [-0.4, -0.2) is 14.5 Å². The summed E-state index contributed by atoms with van der Waals surface area (Å²) in [5.41, 5.74) is 18.3. The Balaban J connectivity index is 0.995. The molecule has 292 valence electrons. The van der Waals surface area contributed by atoms with E-state index in [0.717, 1.165) is 44.9 Å². The fourth-order valence-corrected chi connectivity index (χ4v) is 10.0. The molecule has 0 unspecified atom stereocenters. The van der Waals surface area contributed by atoms with E-state index in [9.17, 15) is 0 Å². The third-order valence-electron chi connectivity index (χ3n) is 13.0. The molecule has 0 saturated carbocycles. The summed E-state index contributed by atoms with van der Waals surface area (Å²) in [5.74, 6) is 0.699. The molecule has 0 N–H and O–H groups in total. The van der Waals surface area contributed by atoms with E-state index in [1.54, 1.807) is 0 Å². The van der Waals surface area contributed by atoms with Gasteiger partial charge in [-0.15, -0.1) is 0 Å². The zero-order valence-electron chi connectivity index (χ0n) is 34.5. The molecule has 0 saturated heterocycles. The maximum Gasteiger partial charge on any atom is 0.160 e. The van der Waals surface area contributed by atoms with Crippen LogP contribution in [0.1, 0.15) is 25.0 Å². The van der Waals surface area contributed by atoms with Crippen LogP contribution in [0, 0.1) is 0 Å². The Labute approximate surface area is 361 Å². The highest BCUT2D eigenvalue weighted by Crippen LogP contribution is 2.54. The van der Waals surface area contributed by atoms with Gasteiger partial charge in [0.2, 0.25) is 0 Å². The van der Waals surface area contributed by atoms with Crippen molar-refractivity contribution in [2.75, 3.05) is 0 Å². The summed E-state index contributed by atoms with van der Waals surface area (Å²) in [5, 5.41) is 5.04. The lowest BCUT2D eigenvalue weighted by atomic mass is 9.81. The molecule has 9 aromatic carbocycles. The first kappa shape index (κ1) is 36.0. The van der Waals surface area contributed by atoms with Gasteiger partial charge < -0.3 is 4.57 Å². The van der Waals surface area contributed by atoms with E-state index >= 15 is 0 Å². The smallest absolute Gasteiger partial charge is 0.160 e. The molecule has 62 heavy (non-hydrogen) atoms. The largest absolute Gasteiger partial charge is 0.309 e. The molecule has 2 aromatic heterocycles. The Kier molecular flexibility index (Phi) is 8.20. The highest BCUT2D eigenvalue weighted by Gasteiger charge is 2.37.